The Morgan fingerprint density at radius 3 is 1.88 bits per heavy atom. The van der Waals surface area contributed by atoms with Crippen LogP contribution in [0.3, 0.4) is 0 Å². The third-order valence-corrected chi connectivity index (χ3v) is 0.485. The predicted molar refractivity (Wildman–Crippen MR) is 20.9 cm³/mol. The summed E-state index contributed by atoms with van der Waals surface area (Å²) in [6, 6.07) is 0. The molecule has 0 aliphatic heterocycles. The SMILES string of the molecule is FCC[CH]C(F)(F)F. The summed E-state index contributed by atoms with van der Waals surface area (Å²) in [5.41, 5.74) is 0. The number of hydrogen-bond acceptors (Lipinski definition) is 0. The molecule has 0 spiro atoms. The molecule has 8 heavy (non-hydrogen) atoms. The molecule has 49 valence electrons. The molecule has 0 aliphatic carbocycles. The van der Waals surface area contributed by atoms with Gasteiger partial charge < -0.3 is 0 Å². The zero-order chi connectivity index (χ0) is 6.62. The fraction of sp³-hybridized carbons (Fsp3) is 0.750. The molecule has 0 N–H and O–H groups in total. The lowest BCUT2D eigenvalue weighted by molar-refractivity contribution is -0.0986. The third-order valence-electron chi connectivity index (χ3n) is 0.485. The van der Waals surface area contributed by atoms with Crippen LogP contribution in [-0.4, -0.2) is 12.9 Å². The van der Waals surface area contributed by atoms with E-state index in [0.717, 1.165) is 0 Å². The van der Waals surface area contributed by atoms with Crippen LogP contribution in [-0.2, 0) is 0 Å². The van der Waals surface area contributed by atoms with Crippen molar-refractivity contribution in [1.82, 2.24) is 0 Å². The molecule has 0 rings (SSSR count). The minimum Gasteiger partial charge on any atom is -0.251 e. The lowest BCUT2D eigenvalue weighted by Crippen LogP contribution is -2.07. The molecule has 0 aromatic rings. The molecule has 0 aliphatic rings. The van der Waals surface area contributed by atoms with Crippen molar-refractivity contribution >= 4 is 0 Å². The summed E-state index contributed by atoms with van der Waals surface area (Å²) in [7, 11) is 0. The Morgan fingerprint density at radius 1 is 1.25 bits per heavy atom. The molecular formula is C4H5F4. The molecule has 1 radical (unpaired) electrons. The first-order valence-electron chi connectivity index (χ1n) is 2.03. The second-order valence-electron chi connectivity index (χ2n) is 1.22. The second-order valence-corrected chi connectivity index (χ2v) is 1.22. The van der Waals surface area contributed by atoms with Gasteiger partial charge in [-0.05, 0) is 6.42 Å². The van der Waals surface area contributed by atoms with Crippen LogP contribution in [0.25, 0.3) is 0 Å². The van der Waals surface area contributed by atoms with E-state index in [1.54, 1.807) is 0 Å². The molecule has 0 saturated heterocycles. The average molecular weight is 129 g/mol. The zero-order valence-corrected chi connectivity index (χ0v) is 4.00. The van der Waals surface area contributed by atoms with E-state index in [2.05, 4.69) is 0 Å². The molecule has 4 heteroatoms. The van der Waals surface area contributed by atoms with Gasteiger partial charge in [-0.25, -0.2) is 0 Å². The quantitative estimate of drug-likeness (QED) is 0.501. The Morgan fingerprint density at radius 2 is 1.75 bits per heavy atom. The third kappa shape index (κ3) is 5.72. The maximum Gasteiger partial charge on any atom is 0.392 e. The standard InChI is InChI=1S/C4H5F4/c5-3-1-2-4(6,7)8/h2H,1,3H2. The van der Waals surface area contributed by atoms with Gasteiger partial charge in [-0.1, -0.05) is 0 Å². The lowest BCUT2D eigenvalue weighted by atomic mass is 10.3. The van der Waals surface area contributed by atoms with Gasteiger partial charge in [0.15, 0.2) is 0 Å². The van der Waals surface area contributed by atoms with E-state index in [1.807, 2.05) is 0 Å². The van der Waals surface area contributed by atoms with Crippen LogP contribution in [0.1, 0.15) is 6.42 Å². The molecule has 0 aromatic heterocycles. The van der Waals surface area contributed by atoms with Gasteiger partial charge in [0.1, 0.15) is 0 Å². The summed E-state index contributed by atoms with van der Waals surface area (Å²) in [5, 5.41) is 0. The molecular weight excluding hydrogens is 124 g/mol. The van der Waals surface area contributed by atoms with Gasteiger partial charge in [-0.15, -0.1) is 0 Å². The van der Waals surface area contributed by atoms with E-state index >= 15 is 0 Å². The molecule has 0 fully saturated rings. The summed E-state index contributed by atoms with van der Waals surface area (Å²) < 4.78 is 44.1. The Kier molecular flexibility index (Phi) is 2.79. The van der Waals surface area contributed by atoms with E-state index in [-0.39, 0.29) is 6.42 Å². The van der Waals surface area contributed by atoms with Crippen molar-refractivity contribution in [3.8, 4) is 0 Å². The summed E-state index contributed by atoms with van der Waals surface area (Å²) in [6.45, 7) is -0.945. The van der Waals surface area contributed by atoms with Gasteiger partial charge in [0.2, 0.25) is 0 Å². The summed E-state index contributed by atoms with van der Waals surface area (Å²) in [5.74, 6) is 0. The normalized spacial score (nSPS) is 12.0. The topological polar surface area (TPSA) is 0 Å². The van der Waals surface area contributed by atoms with Crippen LogP contribution in [0.15, 0.2) is 0 Å². The number of alkyl halides is 4. The van der Waals surface area contributed by atoms with Gasteiger partial charge in [0, 0.05) is 0 Å². The monoisotopic (exact) mass is 129 g/mol. The van der Waals surface area contributed by atoms with Crippen molar-refractivity contribution in [2.75, 3.05) is 6.67 Å². The Bertz CT molecular complexity index is 55.5. The molecule has 0 bridgehead atoms. The molecule has 0 atom stereocenters. The number of halogens is 4. The number of hydrogen-bond donors (Lipinski definition) is 0. The molecule has 0 nitrogen and oxygen atoms in total. The Balaban J connectivity index is 3.11. The predicted octanol–water partition coefficient (Wildman–Crippen LogP) is 2.11. The van der Waals surface area contributed by atoms with Crippen LogP contribution >= 0.6 is 0 Å². The van der Waals surface area contributed by atoms with Gasteiger partial charge in [-0.3, -0.25) is 4.39 Å². The van der Waals surface area contributed by atoms with Crippen molar-refractivity contribution in [2.45, 2.75) is 12.6 Å². The summed E-state index contributed by atoms with van der Waals surface area (Å²) in [4.78, 5) is 0. The van der Waals surface area contributed by atoms with Crippen molar-refractivity contribution < 1.29 is 17.6 Å². The van der Waals surface area contributed by atoms with Crippen LogP contribution in [0.4, 0.5) is 17.6 Å². The first-order valence-corrected chi connectivity index (χ1v) is 2.03. The van der Waals surface area contributed by atoms with E-state index in [1.165, 1.54) is 0 Å². The van der Waals surface area contributed by atoms with Crippen LogP contribution in [0, 0.1) is 6.42 Å². The average Bonchev–Trinajstić information content (AvgIpc) is 1.59. The Hall–Kier alpha value is -0.280. The van der Waals surface area contributed by atoms with Gasteiger partial charge in [-0.2, -0.15) is 13.2 Å². The van der Waals surface area contributed by atoms with Gasteiger partial charge in [0.05, 0.1) is 13.1 Å². The highest BCUT2D eigenvalue weighted by molar-refractivity contribution is 4.72. The summed E-state index contributed by atoms with van der Waals surface area (Å²) >= 11 is 0. The van der Waals surface area contributed by atoms with Crippen molar-refractivity contribution in [3.63, 3.8) is 0 Å². The van der Waals surface area contributed by atoms with Gasteiger partial charge >= 0.3 is 6.18 Å². The van der Waals surface area contributed by atoms with Gasteiger partial charge in [0.25, 0.3) is 0 Å². The van der Waals surface area contributed by atoms with E-state index in [9.17, 15) is 17.6 Å². The van der Waals surface area contributed by atoms with E-state index < -0.39 is 19.3 Å². The highest BCUT2D eigenvalue weighted by Gasteiger charge is 2.26. The van der Waals surface area contributed by atoms with E-state index in [0.29, 0.717) is 0 Å². The van der Waals surface area contributed by atoms with Crippen LogP contribution in [0.2, 0.25) is 0 Å². The number of rotatable bonds is 2. The van der Waals surface area contributed by atoms with Crippen LogP contribution in [0.5, 0.6) is 0 Å². The first-order chi connectivity index (χ1) is 3.56. The zero-order valence-electron chi connectivity index (χ0n) is 4.00. The molecule has 0 unspecified atom stereocenters. The Labute approximate surface area is 44.5 Å². The molecule has 0 aromatic carbocycles. The van der Waals surface area contributed by atoms with Crippen LogP contribution < -0.4 is 0 Å². The fourth-order valence-corrected chi connectivity index (χ4v) is 0.218. The lowest BCUT2D eigenvalue weighted by Gasteiger charge is -2.00. The highest BCUT2D eigenvalue weighted by Crippen LogP contribution is 2.19. The van der Waals surface area contributed by atoms with E-state index in [4.69, 9.17) is 0 Å². The van der Waals surface area contributed by atoms with Crippen molar-refractivity contribution in [1.29, 1.82) is 0 Å². The minimum absolute atomic E-state index is 0.00694. The maximum absolute atomic E-state index is 11.0. The smallest absolute Gasteiger partial charge is 0.251 e. The fourth-order valence-electron chi connectivity index (χ4n) is 0.218. The maximum atomic E-state index is 11.0. The highest BCUT2D eigenvalue weighted by atomic mass is 19.4. The van der Waals surface area contributed by atoms with Crippen molar-refractivity contribution in [2.24, 2.45) is 0 Å². The first kappa shape index (κ1) is 7.72. The molecule has 0 heterocycles. The molecule has 0 amide bonds. The second kappa shape index (κ2) is 2.89. The largest absolute Gasteiger partial charge is 0.392 e. The molecule has 0 saturated carbocycles. The van der Waals surface area contributed by atoms with Crippen molar-refractivity contribution in [3.05, 3.63) is 6.42 Å². The minimum atomic E-state index is -4.31. The summed E-state index contributed by atoms with van der Waals surface area (Å²) in [6.07, 6.45) is -4.86.